The molecule has 4 rings (SSSR count). The van der Waals surface area contributed by atoms with E-state index in [0.29, 0.717) is 40.4 Å². The molecule has 0 aliphatic heterocycles. The predicted octanol–water partition coefficient (Wildman–Crippen LogP) is 5.79. The first-order chi connectivity index (χ1) is 17.4. The number of rotatable bonds is 8. The Morgan fingerprint density at radius 1 is 1.03 bits per heavy atom. The van der Waals surface area contributed by atoms with Crippen LogP contribution in [0.4, 0.5) is 0 Å². The second kappa shape index (κ2) is 10.6. The average molecular weight is 486 g/mol. The molecule has 0 radical (unpaired) electrons. The van der Waals surface area contributed by atoms with Gasteiger partial charge in [0.05, 0.1) is 37.9 Å². The molecule has 0 N–H and O–H groups in total. The van der Waals surface area contributed by atoms with Crippen LogP contribution >= 0.6 is 0 Å². The lowest BCUT2D eigenvalue weighted by Crippen LogP contribution is -2.21. The standard InChI is InChI=1S/C29H31N3O4/c1-7-36-27-14-19(4)24(16-23(27)18(2)3)28-31-25-11-9-8-10-22(25)29(33)32(28)30-17-20-12-13-21(34-5)15-26(20)35-6/h8-18H,7H2,1-6H3. The molecule has 0 saturated carbocycles. The van der Waals surface area contributed by atoms with Gasteiger partial charge in [-0.1, -0.05) is 26.0 Å². The van der Waals surface area contributed by atoms with Crippen molar-refractivity contribution in [3.05, 3.63) is 81.6 Å². The first kappa shape index (κ1) is 25.0. The van der Waals surface area contributed by atoms with Gasteiger partial charge in [0, 0.05) is 17.2 Å². The van der Waals surface area contributed by atoms with E-state index >= 15 is 0 Å². The van der Waals surface area contributed by atoms with E-state index < -0.39 is 0 Å². The summed E-state index contributed by atoms with van der Waals surface area (Å²) in [6.07, 6.45) is 1.60. The number of aromatic nitrogens is 2. The fourth-order valence-corrected chi connectivity index (χ4v) is 4.12. The van der Waals surface area contributed by atoms with E-state index in [1.165, 1.54) is 4.68 Å². The highest BCUT2D eigenvalue weighted by Crippen LogP contribution is 2.34. The number of aryl methyl sites for hydroxylation is 1. The van der Waals surface area contributed by atoms with Crippen molar-refractivity contribution in [3.63, 3.8) is 0 Å². The Morgan fingerprint density at radius 2 is 1.81 bits per heavy atom. The van der Waals surface area contributed by atoms with Gasteiger partial charge in [-0.3, -0.25) is 4.79 Å². The topological polar surface area (TPSA) is 74.9 Å². The number of para-hydroxylation sites is 1. The van der Waals surface area contributed by atoms with E-state index in [-0.39, 0.29) is 11.5 Å². The fraction of sp³-hybridized carbons (Fsp3) is 0.276. The van der Waals surface area contributed by atoms with E-state index in [9.17, 15) is 4.79 Å². The summed E-state index contributed by atoms with van der Waals surface area (Å²) in [5, 5.41) is 5.10. The maximum absolute atomic E-state index is 13.6. The Labute approximate surface area is 211 Å². The molecule has 0 saturated heterocycles. The van der Waals surface area contributed by atoms with E-state index in [1.54, 1.807) is 32.6 Å². The Morgan fingerprint density at radius 3 is 2.50 bits per heavy atom. The number of nitrogens with zero attached hydrogens (tertiary/aromatic N) is 3. The highest BCUT2D eigenvalue weighted by atomic mass is 16.5. The van der Waals surface area contributed by atoms with Crippen molar-refractivity contribution < 1.29 is 14.2 Å². The molecule has 0 spiro atoms. The van der Waals surface area contributed by atoms with Gasteiger partial charge in [-0.2, -0.15) is 9.78 Å². The molecular weight excluding hydrogens is 454 g/mol. The largest absolute Gasteiger partial charge is 0.497 e. The Balaban J connectivity index is 1.96. The normalized spacial score (nSPS) is 11.4. The molecule has 0 bridgehead atoms. The zero-order chi connectivity index (χ0) is 25.8. The van der Waals surface area contributed by atoms with Crippen LogP contribution in [0.15, 0.2) is 64.5 Å². The number of hydrogen-bond donors (Lipinski definition) is 0. The lowest BCUT2D eigenvalue weighted by molar-refractivity contribution is 0.335. The van der Waals surface area contributed by atoms with Gasteiger partial charge in [-0.05, 0) is 67.3 Å². The van der Waals surface area contributed by atoms with Crippen molar-refractivity contribution in [2.75, 3.05) is 20.8 Å². The molecule has 0 fully saturated rings. The number of hydrogen-bond acceptors (Lipinski definition) is 6. The molecule has 3 aromatic carbocycles. The van der Waals surface area contributed by atoms with Crippen molar-refractivity contribution >= 4 is 17.1 Å². The fourth-order valence-electron chi connectivity index (χ4n) is 4.12. The van der Waals surface area contributed by atoms with Gasteiger partial charge in [0.15, 0.2) is 5.82 Å². The molecule has 0 atom stereocenters. The predicted molar refractivity (Wildman–Crippen MR) is 144 cm³/mol. The van der Waals surface area contributed by atoms with Gasteiger partial charge < -0.3 is 14.2 Å². The van der Waals surface area contributed by atoms with Gasteiger partial charge in [-0.25, -0.2) is 4.98 Å². The molecule has 7 nitrogen and oxygen atoms in total. The lowest BCUT2D eigenvalue weighted by atomic mass is 9.96. The van der Waals surface area contributed by atoms with Crippen molar-refractivity contribution in [2.45, 2.75) is 33.6 Å². The Hall–Kier alpha value is -4.13. The lowest BCUT2D eigenvalue weighted by Gasteiger charge is -2.18. The molecule has 7 heteroatoms. The minimum absolute atomic E-state index is 0.221. The zero-order valence-electron chi connectivity index (χ0n) is 21.5. The molecular formula is C29H31N3O4. The molecule has 0 unspecified atom stereocenters. The van der Waals surface area contributed by atoms with Crippen molar-refractivity contribution in [2.24, 2.45) is 5.10 Å². The molecule has 36 heavy (non-hydrogen) atoms. The van der Waals surface area contributed by atoms with E-state index in [0.717, 1.165) is 22.4 Å². The second-order valence-electron chi connectivity index (χ2n) is 8.71. The minimum Gasteiger partial charge on any atom is -0.497 e. The smallest absolute Gasteiger partial charge is 0.282 e. The monoisotopic (exact) mass is 485 g/mol. The molecule has 0 amide bonds. The maximum atomic E-state index is 13.6. The van der Waals surface area contributed by atoms with Gasteiger partial charge in [-0.15, -0.1) is 0 Å². The van der Waals surface area contributed by atoms with E-state index in [1.807, 2.05) is 50.2 Å². The van der Waals surface area contributed by atoms with Gasteiger partial charge >= 0.3 is 0 Å². The molecule has 186 valence electrons. The molecule has 0 aliphatic carbocycles. The van der Waals surface area contributed by atoms with Gasteiger partial charge in [0.1, 0.15) is 17.2 Å². The van der Waals surface area contributed by atoms with Gasteiger partial charge in [0.2, 0.25) is 0 Å². The number of fused-ring (bicyclic) bond motifs is 1. The molecule has 0 aliphatic rings. The van der Waals surface area contributed by atoms with Crippen molar-refractivity contribution in [3.8, 4) is 28.6 Å². The van der Waals surface area contributed by atoms with Crippen LogP contribution in [-0.4, -0.2) is 36.7 Å². The van der Waals surface area contributed by atoms with Crippen molar-refractivity contribution in [1.82, 2.24) is 9.66 Å². The first-order valence-corrected chi connectivity index (χ1v) is 11.9. The molecule has 1 aromatic heterocycles. The Kier molecular flexibility index (Phi) is 7.38. The third kappa shape index (κ3) is 4.82. The van der Waals surface area contributed by atoms with Crippen LogP contribution < -0.4 is 19.8 Å². The number of ether oxygens (including phenoxy) is 3. The van der Waals surface area contributed by atoms with Crippen LogP contribution in [0, 0.1) is 6.92 Å². The minimum atomic E-state index is -0.251. The van der Waals surface area contributed by atoms with E-state index in [4.69, 9.17) is 19.2 Å². The van der Waals surface area contributed by atoms with E-state index in [2.05, 4.69) is 25.0 Å². The van der Waals surface area contributed by atoms with Gasteiger partial charge in [0.25, 0.3) is 5.56 Å². The van der Waals surface area contributed by atoms with Crippen LogP contribution in [0.2, 0.25) is 0 Å². The van der Waals surface area contributed by atoms with Crippen molar-refractivity contribution in [1.29, 1.82) is 0 Å². The summed E-state index contributed by atoms with van der Waals surface area (Å²) < 4.78 is 18.1. The summed E-state index contributed by atoms with van der Waals surface area (Å²) in [4.78, 5) is 18.5. The SMILES string of the molecule is CCOc1cc(C)c(-c2nc3ccccc3c(=O)n2N=Cc2ccc(OC)cc2OC)cc1C(C)C. The summed E-state index contributed by atoms with van der Waals surface area (Å²) in [6, 6.07) is 16.8. The highest BCUT2D eigenvalue weighted by molar-refractivity contribution is 5.85. The average Bonchev–Trinajstić information content (AvgIpc) is 2.88. The summed E-state index contributed by atoms with van der Waals surface area (Å²) in [5.74, 6) is 2.78. The third-order valence-electron chi connectivity index (χ3n) is 6.03. The second-order valence-corrected chi connectivity index (χ2v) is 8.71. The highest BCUT2D eigenvalue weighted by Gasteiger charge is 2.18. The first-order valence-electron chi connectivity index (χ1n) is 11.9. The molecule has 1 heterocycles. The maximum Gasteiger partial charge on any atom is 0.282 e. The van der Waals surface area contributed by atoms with Crippen LogP contribution in [0.5, 0.6) is 17.2 Å². The van der Waals surface area contributed by atoms with Crippen LogP contribution in [0.1, 0.15) is 43.4 Å². The van der Waals surface area contributed by atoms with Crippen LogP contribution in [-0.2, 0) is 0 Å². The van der Waals surface area contributed by atoms with Crippen LogP contribution in [0.3, 0.4) is 0 Å². The summed E-state index contributed by atoms with van der Waals surface area (Å²) in [5.41, 5.74) is 3.88. The summed E-state index contributed by atoms with van der Waals surface area (Å²) >= 11 is 0. The number of methoxy groups -OCH3 is 2. The number of benzene rings is 3. The quantitative estimate of drug-likeness (QED) is 0.295. The zero-order valence-corrected chi connectivity index (χ0v) is 21.5. The Bertz CT molecular complexity index is 1490. The third-order valence-corrected chi connectivity index (χ3v) is 6.03. The molecule has 4 aromatic rings. The van der Waals surface area contributed by atoms with Crippen LogP contribution in [0.25, 0.3) is 22.3 Å². The summed E-state index contributed by atoms with van der Waals surface area (Å²) in [6.45, 7) is 8.77. The summed E-state index contributed by atoms with van der Waals surface area (Å²) in [7, 11) is 3.18.